The first-order chi connectivity index (χ1) is 12.1. The number of hydrogen-bond donors (Lipinski definition) is 0. The van der Waals surface area contributed by atoms with Crippen LogP contribution >= 0.6 is 0 Å². The largest absolute Gasteiger partial charge is 0.493 e. The fourth-order valence-corrected chi connectivity index (χ4v) is 4.85. The van der Waals surface area contributed by atoms with E-state index in [0.29, 0.717) is 24.6 Å². The number of rotatable bonds is 6. The number of hydrogen-bond acceptors (Lipinski definition) is 4. The summed E-state index contributed by atoms with van der Waals surface area (Å²) in [5, 5.41) is 1.58. The molecule has 0 radical (unpaired) electrons. The van der Waals surface area contributed by atoms with Gasteiger partial charge in [-0.1, -0.05) is 38.1 Å². The van der Waals surface area contributed by atoms with Crippen LogP contribution in [-0.4, -0.2) is 57.0 Å². The Morgan fingerprint density at radius 3 is 2.28 bits per heavy atom. The van der Waals surface area contributed by atoms with Gasteiger partial charge in [0.15, 0.2) is 0 Å². The first-order valence-electron chi connectivity index (χ1n) is 8.95. The van der Waals surface area contributed by atoms with Crippen LogP contribution in [0.5, 0.6) is 5.75 Å². The Kier molecular flexibility index (Phi) is 5.61. The molecule has 1 aliphatic rings. The average Bonchev–Trinajstić information content (AvgIpc) is 2.66. The SMILES string of the molecule is CCCOc1ccc(S(=O)(=O)N2CCN(CC)CC2)c2ccccc12. The molecule has 25 heavy (non-hydrogen) atoms. The molecule has 0 N–H and O–H groups in total. The highest BCUT2D eigenvalue weighted by Crippen LogP contribution is 2.32. The van der Waals surface area contributed by atoms with Gasteiger partial charge >= 0.3 is 0 Å². The third kappa shape index (κ3) is 3.66. The first-order valence-corrected chi connectivity index (χ1v) is 10.4. The summed E-state index contributed by atoms with van der Waals surface area (Å²) in [7, 11) is -3.51. The molecule has 0 saturated carbocycles. The fourth-order valence-electron chi connectivity index (χ4n) is 3.23. The number of piperazine rings is 1. The van der Waals surface area contributed by atoms with Crippen LogP contribution in [-0.2, 0) is 10.0 Å². The molecule has 136 valence electrons. The molecule has 0 spiro atoms. The predicted molar refractivity (Wildman–Crippen MR) is 101 cm³/mol. The molecule has 0 atom stereocenters. The van der Waals surface area contributed by atoms with Crippen LogP contribution in [0, 0.1) is 0 Å². The molecule has 1 heterocycles. The third-order valence-electron chi connectivity index (χ3n) is 4.70. The molecule has 0 unspecified atom stereocenters. The highest BCUT2D eigenvalue weighted by Gasteiger charge is 2.29. The molecule has 0 bridgehead atoms. The van der Waals surface area contributed by atoms with Crippen molar-refractivity contribution in [2.45, 2.75) is 25.2 Å². The molecule has 3 rings (SSSR count). The van der Waals surface area contributed by atoms with Crippen LogP contribution in [0.4, 0.5) is 0 Å². The van der Waals surface area contributed by atoms with E-state index in [4.69, 9.17) is 4.74 Å². The van der Waals surface area contributed by atoms with E-state index >= 15 is 0 Å². The molecule has 1 aliphatic heterocycles. The van der Waals surface area contributed by atoms with E-state index in [1.54, 1.807) is 16.4 Å². The van der Waals surface area contributed by atoms with E-state index in [0.717, 1.165) is 42.6 Å². The fraction of sp³-hybridized carbons (Fsp3) is 0.474. The van der Waals surface area contributed by atoms with Crippen molar-refractivity contribution in [3.8, 4) is 5.75 Å². The van der Waals surface area contributed by atoms with Gasteiger partial charge < -0.3 is 9.64 Å². The van der Waals surface area contributed by atoms with Gasteiger partial charge in [0.1, 0.15) is 5.75 Å². The summed E-state index contributed by atoms with van der Waals surface area (Å²) in [5.74, 6) is 0.743. The Bertz CT molecular complexity index is 828. The molecule has 0 amide bonds. The molecule has 2 aromatic carbocycles. The maximum Gasteiger partial charge on any atom is 0.243 e. The van der Waals surface area contributed by atoms with Crippen LogP contribution < -0.4 is 4.74 Å². The quantitative estimate of drug-likeness (QED) is 0.793. The summed E-state index contributed by atoms with van der Waals surface area (Å²) >= 11 is 0. The monoisotopic (exact) mass is 362 g/mol. The Balaban J connectivity index is 1.98. The predicted octanol–water partition coefficient (Wildman–Crippen LogP) is 2.95. The number of likely N-dealkylation sites (N-methyl/N-ethyl adjacent to an activating group) is 1. The van der Waals surface area contributed by atoms with Crippen molar-refractivity contribution in [3.05, 3.63) is 36.4 Å². The van der Waals surface area contributed by atoms with Gasteiger partial charge in [0, 0.05) is 37.0 Å². The van der Waals surface area contributed by atoms with Gasteiger partial charge in [0.05, 0.1) is 11.5 Å². The minimum absolute atomic E-state index is 0.372. The van der Waals surface area contributed by atoms with E-state index in [-0.39, 0.29) is 0 Å². The zero-order valence-corrected chi connectivity index (χ0v) is 15.8. The Morgan fingerprint density at radius 2 is 1.64 bits per heavy atom. The second-order valence-electron chi connectivity index (χ2n) is 6.29. The summed E-state index contributed by atoms with van der Waals surface area (Å²) < 4.78 is 33.8. The highest BCUT2D eigenvalue weighted by atomic mass is 32.2. The lowest BCUT2D eigenvalue weighted by Crippen LogP contribution is -2.48. The smallest absolute Gasteiger partial charge is 0.243 e. The van der Waals surface area contributed by atoms with Crippen molar-refractivity contribution in [2.24, 2.45) is 0 Å². The summed E-state index contributed by atoms with van der Waals surface area (Å²) in [5.41, 5.74) is 0. The summed E-state index contributed by atoms with van der Waals surface area (Å²) in [4.78, 5) is 2.64. The minimum Gasteiger partial charge on any atom is -0.493 e. The van der Waals surface area contributed by atoms with Gasteiger partial charge in [-0.15, -0.1) is 0 Å². The zero-order chi connectivity index (χ0) is 17.9. The summed E-state index contributed by atoms with van der Waals surface area (Å²) in [6.45, 7) is 8.38. The third-order valence-corrected chi connectivity index (χ3v) is 6.66. The van der Waals surface area contributed by atoms with Crippen LogP contribution in [0.25, 0.3) is 10.8 Å². The lowest BCUT2D eigenvalue weighted by molar-refractivity contribution is 0.196. The van der Waals surface area contributed by atoms with Crippen molar-refractivity contribution in [3.63, 3.8) is 0 Å². The van der Waals surface area contributed by atoms with Gasteiger partial charge in [-0.3, -0.25) is 0 Å². The number of nitrogens with zero attached hydrogens (tertiary/aromatic N) is 2. The van der Waals surface area contributed by atoms with Crippen molar-refractivity contribution in [1.82, 2.24) is 9.21 Å². The van der Waals surface area contributed by atoms with Crippen LogP contribution in [0.2, 0.25) is 0 Å². The Hall–Kier alpha value is -1.63. The normalized spacial score (nSPS) is 17.0. The zero-order valence-electron chi connectivity index (χ0n) is 14.9. The molecule has 1 saturated heterocycles. The Morgan fingerprint density at radius 1 is 0.960 bits per heavy atom. The molecule has 2 aromatic rings. The molecular weight excluding hydrogens is 336 g/mol. The van der Waals surface area contributed by atoms with E-state index in [9.17, 15) is 8.42 Å². The Labute approximate surface area is 150 Å². The number of sulfonamides is 1. The van der Waals surface area contributed by atoms with Gasteiger partial charge in [0.25, 0.3) is 0 Å². The average molecular weight is 362 g/mol. The lowest BCUT2D eigenvalue weighted by Gasteiger charge is -2.33. The first kappa shape index (κ1) is 18.2. The summed E-state index contributed by atoms with van der Waals surface area (Å²) in [6.07, 6.45) is 0.913. The van der Waals surface area contributed by atoms with Crippen molar-refractivity contribution >= 4 is 20.8 Å². The second-order valence-corrected chi connectivity index (χ2v) is 8.20. The van der Waals surface area contributed by atoms with Crippen LogP contribution in [0.1, 0.15) is 20.3 Å². The van der Waals surface area contributed by atoms with E-state index in [1.165, 1.54) is 0 Å². The molecular formula is C19H26N2O3S. The maximum atomic E-state index is 13.2. The van der Waals surface area contributed by atoms with Crippen molar-refractivity contribution in [1.29, 1.82) is 0 Å². The minimum atomic E-state index is -3.51. The van der Waals surface area contributed by atoms with Crippen molar-refractivity contribution in [2.75, 3.05) is 39.3 Å². The maximum absolute atomic E-state index is 13.2. The van der Waals surface area contributed by atoms with Crippen LogP contribution in [0.15, 0.2) is 41.3 Å². The van der Waals surface area contributed by atoms with Crippen LogP contribution in [0.3, 0.4) is 0 Å². The molecule has 0 aromatic heterocycles. The highest BCUT2D eigenvalue weighted by molar-refractivity contribution is 7.89. The molecule has 5 nitrogen and oxygen atoms in total. The number of ether oxygens (including phenoxy) is 1. The van der Waals surface area contributed by atoms with E-state index in [2.05, 4.69) is 18.7 Å². The number of fused-ring (bicyclic) bond motifs is 1. The molecule has 6 heteroatoms. The standard InChI is InChI=1S/C19H26N2O3S/c1-3-15-24-18-9-10-19(17-8-6-5-7-16(17)18)25(22,23)21-13-11-20(4-2)12-14-21/h5-10H,3-4,11-15H2,1-2H3. The van der Waals surface area contributed by atoms with Gasteiger partial charge in [0.2, 0.25) is 10.0 Å². The van der Waals surface area contributed by atoms with Gasteiger partial charge in [-0.2, -0.15) is 4.31 Å². The van der Waals surface area contributed by atoms with Gasteiger partial charge in [-0.05, 0) is 25.1 Å². The molecule has 0 aliphatic carbocycles. The van der Waals surface area contributed by atoms with Gasteiger partial charge in [-0.25, -0.2) is 8.42 Å². The second kappa shape index (κ2) is 7.72. The topological polar surface area (TPSA) is 49.9 Å². The molecule has 1 fully saturated rings. The van der Waals surface area contributed by atoms with E-state index < -0.39 is 10.0 Å². The van der Waals surface area contributed by atoms with E-state index in [1.807, 2.05) is 24.3 Å². The lowest BCUT2D eigenvalue weighted by atomic mass is 10.1. The van der Waals surface area contributed by atoms with Crippen molar-refractivity contribution < 1.29 is 13.2 Å². The summed E-state index contributed by atoms with van der Waals surface area (Å²) in [6, 6.07) is 11.1. The number of benzene rings is 2.